The Morgan fingerprint density at radius 1 is 0.686 bits per heavy atom. The summed E-state index contributed by atoms with van der Waals surface area (Å²) < 4.78 is 40.2. The topological polar surface area (TPSA) is 153 Å². The number of ether oxygens (including phenoxy) is 6. The smallest absolute Gasteiger partial charge is 0.184 e. The van der Waals surface area contributed by atoms with Gasteiger partial charge < -0.3 is 28.4 Å². The highest BCUT2D eigenvalue weighted by Gasteiger charge is 2.51. The lowest BCUT2D eigenvalue weighted by molar-refractivity contribution is -0.346. The predicted molar refractivity (Wildman–Crippen MR) is 197 cm³/mol. The monoisotopic (exact) mass is 722 g/mol. The molecule has 3 heterocycles. The molecule has 3 aliphatic heterocycles. The zero-order valence-electron chi connectivity index (χ0n) is 31.0. The largest absolute Gasteiger partial charge is 0.368 e. The number of azide groups is 2. The van der Waals surface area contributed by atoms with E-state index in [0.29, 0.717) is 13.0 Å². The summed E-state index contributed by atoms with van der Waals surface area (Å²) in [6, 6.07) is 17.3. The van der Waals surface area contributed by atoms with E-state index in [1.54, 1.807) is 11.8 Å². The van der Waals surface area contributed by atoms with E-state index in [2.05, 4.69) is 92.8 Å². The molecular formula is C38H54N6O6S. The maximum atomic E-state index is 9.61. The maximum Gasteiger partial charge on any atom is 0.184 e. The molecule has 3 fully saturated rings. The minimum absolute atomic E-state index is 0.0257. The zero-order chi connectivity index (χ0) is 36.7. The first-order valence-electron chi connectivity index (χ1n) is 18.3. The Morgan fingerprint density at radius 2 is 1.33 bits per heavy atom. The molecule has 0 aromatic heterocycles. The van der Waals surface area contributed by atoms with Gasteiger partial charge in [0.25, 0.3) is 0 Å². The van der Waals surface area contributed by atoms with Crippen LogP contribution in [0.25, 0.3) is 20.9 Å². The average molecular weight is 723 g/mol. The molecular weight excluding hydrogens is 669 g/mol. The van der Waals surface area contributed by atoms with Gasteiger partial charge in [0.1, 0.15) is 11.5 Å². The van der Waals surface area contributed by atoms with E-state index in [9.17, 15) is 11.1 Å². The highest BCUT2D eigenvalue weighted by molar-refractivity contribution is 7.99. The first kappa shape index (κ1) is 39.4. The first-order valence-corrected chi connectivity index (χ1v) is 19.2. The van der Waals surface area contributed by atoms with Gasteiger partial charge in [0.05, 0.1) is 49.2 Å². The molecule has 278 valence electrons. The number of rotatable bonds is 13. The molecule has 12 nitrogen and oxygen atoms in total. The normalized spacial score (nSPS) is 38.3. The van der Waals surface area contributed by atoms with Crippen LogP contribution < -0.4 is 0 Å². The molecule has 51 heavy (non-hydrogen) atoms. The second-order valence-corrected chi connectivity index (χ2v) is 15.5. The summed E-state index contributed by atoms with van der Waals surface area (Å²) in [6.07, 6.45) is -2.11. The lowest BCUT2D eigenvalue weighted by atomic mass is 9.81. The number of hydrogen-bond donors (Lipinski definition) is 0. The average Bonchev–Trinajstić information content (AvgIpc) is 3.13. The van der Waals surface area contributed by atoms with Crippen LogP contribution in [0.4, 0.5) is 0 Å². The predicted octanol–water partition coefficient (Wildman–Crippen LogP) is 9.36. The first-order chi connectivity index (χ1) is 24.6. The molecule has 0 amide bonds. The van der Waals surface area contributed by atoms with Crippen LogP contribution in [0.3, 0.4) is 0 Å². The number of hydrogen-bond acceptors (Lipinski definition) is 9. The third-order valence-corrected chi connectivity index (χ3v) is 12.2. The van der Waals surface area contributed by atoms with Gasteiger partial charge >= 0.3 is 0 Å². The fourth-order valence-electron chi connectivity index (χ4n) is 7.67. The Balaban J connectivity index is 1.39. The van der Waals surface area contributed by atoms with Gasteiger partial charge in [-0.2, -0.15) is 0 Å². The van der Waals surface area contributed by atoms with Crippen LogP contribution in [0.1, 0.15) is 72.4 Å². The summed E-state index contributed by atoms with van der Waals surface area (Å²) in [4.78, 5) is 7.41. The van der Waals surface area contributed by atoms with Crippen molar-refractivity contribution in [2.24, 2.45) is 33.9 Å². The summed E-state index contributed by atoms with van der Waals surface area (Å²) in [6.45, 7) is 16.9. The maximum absolute atomic E-state index is 9.61. The molecule has 0 radical (unpaired) electrons. The molecule has 0 saturated carbocycles. The molecule has 3 saturated heterocycles. The van der Waals surface area contributed by atoms with E-state index in [1.807, 2.05) is 37.3 Å². The van der Waals surface area contributed by atoms with Gasteiger partial charge in [-0.3, -0.25) is 0 Å². The van der Waals surface area contributed by atoms with Crippen molar-refractivity contribution in [3.8, 4) is 0 Å². The molecule has 5 rings (SSSR count). The van der Waals surface area contributed by atoms with Crippen molar-refractivity contribution < 1.29 is 28.4 Å². The number of benzene rings is 2. The summed E-state index contributed by atoms with van der Waals surface area (Å²) in [5, 5.41) is 8.37. The van der Waals surface area contributed by atoms with Gasteiger partial charge in [0.2, 0.25) is 0 Å². The Bertz CT molecular complexity index is 1490. The van der Waals surface area contributed by atoms with Crippen LogP contribution in [-0.4, -0.2) is 66.7 Å². The Morgan fingerprint density at radius 3 is 1.98 bits per heavy atom. The van der Waals surface area contributed by atoms with Gasteiger partial charge in [-0.1, -0.05) is 112 Å². The van der Waals surface area contributed by atoms with Crippen LogP contribution in [0.15, 0.2) is 69.7 Å². The summed E-state index contributed by atoms with van der Waals surface area (Å²) in [5.74, 6) is -0.116. The Hall–Kier alpha value is -2.83. The fraction of sp³-hybridized carbons (Fsp3) is 0.684. The molecule has 2 aromatic rings. The molecule has 13 heteroatoms. The Kier molecular flexibility index (Phi) is 14.1. The van der Waals surface area contributed by atoms with Crippen LogP contribution in [0, 0.1) is 30.6 Å². The standard InChI is InChI=1S/C38H54N6O6S/c1-9-29-22(4)23(5)31(41-43-39)36(47-29)49-33-25(7)35(45-20-27-14-12-11-13-15-27)37(46-26(33)8)50-34-24(6)32(42-44-40)38(48-30(34)10-2)51-28-18-16-21(3)17-19-28/h11-19,22-26,29-38H,9-10,20H2,1-8H3/t22-,23-,24+,25-,26?,29?,30?,31?,32?,33-,34-,35?,36+,37-,38?/m0/s1. The molecule has 2 aromatic carbocycles. The summed E-state index contributed by atoms with van der Waals surface area (Å²) in [5.41, 5.74) is 20.9. The van der Waals surface area contributed by atoms with E-state index in [-0.39, 0.29) is 41.3 Å². The van der Waals surface area contributed by atoms with Crippen molar-refractivity contribution in [2.75, 3.05) is 0 Å². The molecule has 3 aliphatic rings. The second-order valence-electron chi connectivity index (χ2n) is 14.3. The molecule has 0 spiro atoms. The lowest BCUT2D eigenvalue weighted by Gasteiger charge is -2.50. The quantitative estimate of drug-likeness (QED) is 0.113. The number of thioether (sulfide) groups is 1. The van der Waals surface area contributed by atoms with E-state index < -0.39 is 49.1 Å². The minimum Gasteiger partial charge on any atom is -0.368 e. The molecule has 7 unspecified atom stereocenters. The Labute approximate surface area is 306 Å². The second kappa shape index (κ2) is 18.3. The number of aryl methyl sites for hydroxylation is 1. The van der Waals surface area contributed by atoms with Crippen molar-refractivity contribution in [1.29, 1.82) is 0 Å². The molecule has 0 N–H and O–H groups in total. The van der Waals surface area contributed by atoms with Crippen molar-refractivity contribution in [3.63, 3.8) is 0 Å². The van der Waals surface area contributed by atoms with Gasteiger partial charge in [0, 0.05) is 20.6 Å². The fourth-order valence-corrected chi connectivity index (χ4v) is 8.87. The van der Waals surface area contributed by atoms with Gasteiger partial charge in [-0.05, 0) is 73.2 Å². The van der Waals surface area contributed by atoms with E-state index in [4.69, 9.17) is 28.4 Å². The zero-order valence-corrected chi connectivity index (χ0v) is 31.8. The summed E-state index contributed by atoms with van der Waals surface area (Å²) in [7, 11) is 0. The van der Waals surface area contributed by atoms with Crippen LogP contribution >= 0.6 is 11.8 Å². The van der Waals surface area contributed by atoms with E-state index in [1.165, 1.54) is 5.56 Å². The number of nitrogens with zero attached hydrogens (tertiary/aromatic N) is 6. The third kappa shape index (κ3) is 9.22. The molecule has 0 bridgehead atoms. The van der Waals surface area contributed by atoms with Crippen LogP contribution in [0.2, 0.25) is 0 Å². The van der Waals surface area contributed by atoms with Gasteiger partial charge in [0.15, 0.2) is 12.6 Å². The van der Waals surface area contributed by atoms with E-state index >= 15 is 0 Å². The third-order valence-electron chi connectivity index (χ3n) is 11.0. The van der Waals surface area contributed by atoms with Crippen molar-refractivity contribution in [1.82, 2.24) is 0 Å². The highest BCUT2D eigenvalue weighted by atomic mass is 32.2. The van der Waals surface area contributed by atoms with E-state index in [0.717, 1.165) is 16.9 Å². The van der Waals surface area contributed by atoms with Gasteiger partial charge in [-0.25, -0.2) is 0 Å². The van der Waals surface area contributed by atoms with Crippen LogP contribution in [0.5, 0.6) is 0 Å². The molecule has 15 atom stereocenters. The lowest BCUT2D eigenvalue weighted by Crippen LogP contribution is -2.60. The van der Waals surface area contributed by atoms with Crippen molar-refractivity contribution >= 4 is 11.8 Å². The summed E-state index contributed by atoms with van der Waals surface area (Å²) >= 11 is 1.56. The van der Waals surface area contributed by atoms with Crippen LogP contribution in [-0.2, 0) is 35.0 Å². The minimum atomic E-state index is -0.765. The van der Waals surface area contributed by atoms with Crippen molar-refractivity contribution in [2.45, 2.75) is 146 Å². The van der Waals surface area contributed by atoms with Crippen molar-refractivity contribution in [3.05, 3.63) is 86.6 Å². The highest BCUT2D eigenvalue weighted by Crippen LogP contribution is 2.43. The molecule has 0 aliphatic carbocycles. The van der Waals surface area contributed by atoms with Gasteiger partial charge in [-0.15, -0.1) is 0 Å². The SMILES string of the molecule is CCC1O[C@H](O[C@@H]2C(C)O[C@@H](O[C@@H]3C(CC)OC(Sc4ccc(C)cc4)C(N=[N+]=[N-])[C@H]3C)C(OCc3ccccc3)[C@H]2C)C(N=[N+]=[N-])[C@@H](C)[C@@H]1C.